The summed E-state index contributed by atoms with van der Waals surface area (Å²) in [6.45, 7) is 0. The molecule has 0 spiro atoms. The number of allylic oxidation sites excluding steroid dienone is 1. The molecule has 2 aromatic rings. The Labute approximate surface area is 147 Å². The zero-order valence-corrected chi connectivity index (χ0v) is 14.3. The van der Waals surface area contributed by atoms with E-state index in [2.05, 4.69) is 60.7 Å². The summed E-state index contributed by atoms with van der Waals surface area (Å²) in [6, 6.07) is 21.1. The number of thioether (sulfide) groups is 1. The molecule has 0 amide bonds. The first-order chi connectivity index (χ1) is 11.8. The van der Waals surface area contributed by atoms with Crippen LogP contribution in [0.4, 0.5) is 0 Å². The molecule has 1 heterocycles. The van der Waals surface area contributed by atoms with Crippen LogP contribution in [0, 0.1) is 0 Å². The zero-order chi connectivity index (χ0) is 16.4. The van der Waals surface area contributed by atoms with E-state index in [1.54, 1.807) is 11.8 Å². The minimum Gasteiger partial charge on any atom is -0.378 e. The van der Waals surface area contributed by atoms with Gasteiger partial charge < -0.3 is 5.73 Å². The Morgan fingerprint density at radius 3 is 2.42 bits per heavy atom. The molecule has 1 unspecified atom stereocenters. The van der Waals surface area contributed by atoms with Crippen LogP contribution in [0.5, 0.6) is 0 Å². The van der Waals surface area contributed by atoms with Crippen LogP contribution in [0.15, 0.2) is 82.5 Å². The van der Waals surface area contributed by atoms with Gasteiger partial charge in [-0.25, -0.2) is 4.99 Å². The summed E-state index contributed by atoms with van der Waals surface area (Å²) in [5.74, 6) is 0. The van der Waals surface area contributed by atoms with Crippen LogP contribution >= 0.6 is 11.8 Å². The third-order valence-corrected chi connectivity index (χ3v) is 5.65. The number of nitrogens with two attached hydrogens (primary N) is 1. The monoisotopic (exact) mass is 332 g/mol. The third-order valence-electron chi connectivity index (χ3n) is 4.52. The van der Waals surface area contributed by atoms with E-state index >= 15 is 0 Å². The van der Waals surface area contributed by atoms with E-state index in [4.69, 9.17) is 10.7 Å². The molecule has 4 rings (SSSR count). The maximum Gasteiger partial charge on any atom is 0.160 e. The fourth-order valence-corrected chi connectivity index (χ4v) is 4.48. The molecule has 2 nitrogen and oxygen atoms in total. The number of benzene rings is 2. The van der Waals surface area contributed by atoms with Crippen molar-refractivity contribution in [3.8, 4) is 0 Å². The second kappa shape index (κ2) is 6.70. The minimum atomic E-state index is 0.290. The van der Waals surface area contributed by atoms with Crippen molar-refractivity contribution in [2.45, 2.75) is 24.5 Å². The molecule has 0 fully saturated rings. The molecule has 0 saturated heterocycles. The average molecular weight is 332 g/mol. The molecule has 0 aromatic heterocycles. The van der Waals surface area contributed by atoms with Gasteiger partial charge in [0, 0.05) is 0 Å². The van der Waals surface area contributed by atoms with Crippen molar-refractivity contribution in [2.75, 3.05) is 0 Å². The maximum absolute atomic E-state index is 6.18. The van der Waals surface area contributed by atoms with Gasteiger partial charge in [-0.1, -0.05) is 72.4 Å². The largest absolute Gasteiger partial charge is 0.378 e. The van der Waals surface area contributed by atoms with Crippen molar-refractivity contribution in [1.29, 1.82) is 0 Å². The highest BCUT2D eigenvalue weighted by Crippen LogP contribution is 2.47. The smallest absolute Gasteiger partial charge is 0.160 e. The van der Waals surface area contributed by atoms with Crippen LogP contribution < -0.4 is 5.73 Å². The van der Waals surface area contributed by atoms with Gasteiger partial charge in [0.2, 0.25) is 0 Å². The highest BCUT2D eigenvalue weighted by Gasteiger charge is 2.30. The summed E-state index contributed by atoms with van der Waals surface area (Å²) in [5.41, 5.74) is 12.6. The van der Waals surface area contributed by atoms with Crippen molar-refractivity contribution in [3.63, 3.8) is 0 Å². The van der Waals surface area contributed by atoms with Gasteiger partial charge in [-0.15, -0.1) is 0 Å². The maximum atomic E-state index is 6.18. The molecular formula is C21H20N2S. The molecule has 1 atom stereocenters. The topological polar surface area (TPSA) is 38.4 Å². The van der Waals surface area contributed by atoms with Crippen molar-refractivity contribution >= 4 is 23.0 Å². The second-order valence-electron chi connectivity index (χ2n) is 6.17. The first-order valence-electron chi connectivity index (χ1n) is 8.36. The first kappa shape index (κ1) is 15.3. The van der Waals surface area contributed by atoms with E-state index in [0.717, 1.165) is 18.5 Å². The molecule has 24 heavy (non-hydrogen) atoms. The molecule has 120 valence electrons. The zero-order valence-electron chi connectivity index (χ0n) is 13.5. The highest BCUT2D eigenvalue weighted by molar-refractivity contribution is 8.14. The molecule has 1 aliphatic carbocycles. The lowest BCUT2D eigenvalue weighted by molar-refractivity contribution is 0.736. The van der Waals surface area contributed by atoms with Gasteiger partial charge in [0.25, 0.3) is 0 Å². The van der Waals surface area contributed by atoms with E-state index in [9.17, 15) is 0 Å². The fraction of sp³-hybridized carbons (Fsp3) is 0.190. The lowest BCUT2D eigenvalue weighted by atomic mass is 9.87. The van der Waals surface area contributed by atoms with Crippen molar-refractivity contribution in [3.05, 3.63) is 88.6 Å². The number of rotatable bonds is 2. The fourth-order valence-electron chi connectivity index (χ4n) is 3.43. The Morgan fingerprint density at radius 1 is 0.958 bits per heavy atom. The predicted octanol–water partition coefficient (Wildman–Crippen LogP) is 5.31. The average Bonchev–Trinajstić information content (AvgIpc) is 2.63. The molecule has 2 aliphatic rings. The quantitative estimate of drug-likeness (QED) is 0.809. The standard InChI is InChI=1S/C21H20N2S/c22-21-23-19-17(14-15-8-3-1-4-9-15)12-7-13-18(19)20(24-21)16-10-5-2-6-11-16/h1-6,8-11,14,20H,7,12-13H2,(H2,22,23)/b17-14+. The van der Waals surface area contributed by atoms with Crippen LogP contribution in [0.25, 0.3) is 6.08 Å². The van der Waals surface area contributed by atoms with Gasteiger partial charge in [0.05, 0.1) is 10.9 Å². The summed E-state index contributed by atoms with van der Waals surface area (Å²) < 4.78 is 0. The van der Waals surface area contributed by atoms with Gasteiger partial charge >= 0.3 is 0 Å². The Bertz CT molecular complexity index is 819. The molecular weight excluding hydrogens is 312 g/mol. The number of hydrogen-bond donors (Lipinski definition) is 1. The summed E-state index contributed by atoms with van der Waals surface area (Å²) in [7, 11) is 0. The molecule has 2 N–H and O–H groups in total. The molecule has 1 aliphatic heterocycles. The van der Waals surface area contributed by atoms with Crippen molar-refractivity contribution < 1.29 is 0 Å². The van der Waals surface area contributed by atoms with E-state index in [-0.39, 0.29) is 5.25 Å². The molecule has 0 bridgehead atoms. The van der Waals surface area contributed by atoms with Gasteiger partial charge in [-0.3, -0.25) is 0 Å². The van der Waals surface area contributed by atoms with Crippen LogP contribution in [0.2, 0.25) is 0 Å². The Morgan fingerprint density at radius 2 is 1.67 bits per heavy atom. The lowest BCUT2D eigenvalue weighted by Crippen LogP contribution is -2.19. The van der Waals surface area contributed by atoms with Crippen LogP contribution in [0.3, 0.4) is 0 Å². The summed E-state index contributed by atoms with van der Waals surface area (Å²) in [4.78, 5) is 4.73. The number of amidine groups is 1. The van der Waals surface area contributed by atoms with Crippen molar-refractivity contribution in [2.24, 2.45) is 10.7 Å². The van der Waals surface area contributed by atoms with E-state index in [1.165, 1.54) is 28.7 Å². The highest BCUT2D eigenvalue weighted by atomic mass is 32.2. The van der Waals surface area contributed by atoms with Gasteiger partial charge in [-0.2, -0.15) is 0 Å². The third kappa shape index (κ3) is 3.04. The van der Waals surface area contributed by atoms with Gasteiger partial charge in [-0.05, 0) is 47.6 Å². The molecule has 0 saturated carbocycles. The van der Waals surface area contributed by atoms with E-state index in [1.807, 2.05) is 6.07 Å². The first-order valence-corrected chi connectivity index (χ1v) is 9.24. The van der Waals surface area contributed by atoms with Gasteiger partial charge in [0.15, 0.2) is 5.17 Å². The SMILES string of the molecule is NC1=NC2=C(CCC/C2=C\c2ccccc2)C(c2ccccc2)S1. The van der Waals surface area contributed by atoms with Crippen LogP contribution in [0.1, 0.15) is 35.6 Å². The van der Waals surface area contributed by atoms with Crippen molar-refractivity contribution in [1.82, 2.24) is 0 Å². The summed E-state index contributed by atoms with van der Waals surface area (Å²) >= 11 is 1.68. The predicted molar refractivity (Wildman–Crippen MR) is 104 cm³/mol. The van der Waals surface area contributed by atoms with Gasteiger partial charge in [0.1, 0.15) is 0 Å². The minimum absolute atomic E-state index is 0.290. The second-order valence-corrected chi connectivity index (χ2v) is 7.29. The Hall–Kier alpha value is -2.26. The van der Waals surface area contributed by atoms with Crippen LogP contribution in [-0.4, -0.2) is 5.17 Å². The normalized spacial score (nSPS) is 22.2. The summed E-state index contributed by atoms with van der Waals surface area (Å²) in [6.07, 6.45) is 5.61. The molecule has 3 heteroatoms. The lowest BCUT2D eigenvalue weighted by Gasteiger charge is -2.30. The number of hydrogen-bond acceptors (Lipinski definition) is 3. The molecule has 2 aromatic carbocycles. The Kier molecular flexibility index (Phi) is 4.26. The number of nitrogens with zero attached hydrogens (tertiary/aromatic N) is 1. The summed E-state index contributed by atoms with van der Waals surface area (Å²) in [5, 5.41) is 0.960. The van der Waals surface area contributed by atoms with E-state index < -0.39 is 0 Å². The molecule has 0 radical (unpaired) electrons. The number of aliphatic imine (C=N–C) groups is 1. The van der Waals surface area contributed by atoms with Crippen LogP contribution in [-0.2, 0) is 0 Å². The van der Waals surface area contributed by atoms with E-state index in [0.29, 0.717) is 5.17 Å². The Balaban J connectivity index is 1.79.